The Morgan fingerprint density at radius 2 is 1.77 bits per heavy atom. The number of carbonyl (C=O) groups is 2. The number of ether oxygens (including phenoxy) is 1. The lowest BCUT2D eigenvalue weighted by Gasteiger charge is -2.15. The molecule has 1 aliphatic heterocycles. The molecule has 0 aliphatic carbocycles. The highest BCUT2D eigenvalue weighted by atomic mass is 35.5. The predicted molar refractivity (Wildman–Crippen MR) is 105 cm³/mol. The molecule has 0 saturated carbocycles. The quantitative estimate of drug-likeness (QED) is 0.673. The van der Waals surface area contributed by atoms with E-state index in [1.54, 1.807) is 0 Å². The van der Waals surface area contributed by atoms with E-state index >= 15 is 0 Å². The average Bonchev–Trinajstić information content (AvgIpc) is 2.90. The Kier molecular flexibility index (Phi) is 6.22. The van der Waals surface area contributed by atoms with Gasteiger partial charge < -0.3 is 4.74 Å². The van der Waals surface area contributed by atoms with Gasteiger partial charge in [0.1, 0.15) is 12.4 Å². The molecule has 6 heteroatoms. The standard InChI is InChI=1S/C20H20ClNO3S/c1-2-11-22-19(23)18(26-20(22)24)12-14-7-4-6-10-17(14)25-13-15-8-3-5-9-16(15)21/h3-10,18H,2,11-13H2,1H3/t18-/m1/s1. The van der Waals surface area contributed by atoms with Crippen LogP contribution in [0.15, 0.2) is 48.5 Å². The number of hydrogen-bond donors (Lipinski definition) is 0. The molecule has 26 heavy (non-hydrogen) atoms. The lowest BCUT2D eigenvalue weighted by atomic mass is 10.1. The van der Waals surface area contributed by atoms with E-state index in [1.807, 2.05) is 55.5 Å². The fourth-order valence-electron chi connectivity index (χ4n) is 2.84. The van der Waals surface area contributed by atoms with Crippen molar-refractivity contribution in [2.75, 3.05) is 6.54 Å². The lowest BCUT2D eigenvalue weighted by Crippen LogP contribution is -2.32. The molecule has 1 aliphatic rings. The van der Waals surface area contributed by atoms with E-state index < -0.39 is 0 Å². The summed E-state index contributed by atoms with van der Waals surface area (Å²) in [5.41, 5.74) is 1.82. The topological polar surface area (TPSA) is 46.6 Å². The first-order valence-electron chi connectivity index (χ1n) is 8.56. The first-order valence-corrected chi connectivity index (χ1v) is 9.82. The molecule has 0 aromatic heterocycles. The monoisotopic (exact) mass is 389 g/mol. The average molecular weight is 390 g/mol. The highest BCUT2D eigenvalue weighted by Gasteiger charge is 2.39. The second-order valence-corrected chi connectivity index (χ2v) is 7.62. The molecule has 2 aromatic rings. The zero-order valence-electron chi connectivity index (χ0n) is 14.5. The largest absolute Gasteiger partial charge is 0.489 e. The zero-order valence-corrected chi connectivity index (χ0v) is 16.1. The molecular formula is C20H20ClNO3S. The van der Waals surface area contributed by atoms with Crippen LogP contribution in [0.2, 0.25) is 5.02 Å². The lowest BCUT2D eigenvalue weighted by molar-refractivity contribution is -0.126. The minimum atomic E-state index is -0.390. The predicted octanol–water partition coefficient (Wildman–Crippen LogP) is 4.94. The minimum absolute atomic E-state index is 0.109. The van der Waals surface area contributed by atoms with Crippen LogP contribution in [0.5, 0.6) is 5.75 Å². The third-order valence-corrected chi connectivity index (χ3v) is 5.61. The van der Waals surface area contributed by atoms with Gasteiger partial charge in [-0.3, -0.25) is 14.5 Å². The van der Waals surface area contributed by atoms with E-state index in [9.17, 15) is 9.59 Å². The summed E-state index contributed by atoms with van der Waals surface area (Å²) >= 11 is 7.28. The number of para-hydroxylation sites is 1. The number of hydrogen-bond acceptors (Lipinski definition) is 4. The number of amides is 2. The maximum Gasteiger partial charge on any atom is 0.289 e. The summed E-state index contributed by atoms with van der Waals surface area (Å²) in [4.78, 5) is 25.9. The molecule has 1 fully saturated rings. The maximum atomic E-state index is 12.5. The van der Waals surface area contributed by atoms with Gasteiger partial charge in [0.25, 0.3) is 5.24 Å². The van der Waals surface area contributed by atoms with Crippen LogP contribution in [-0.2, 0) is 17.8 Å². The Hall–Kier alpha value is -1.98. The van der Waals surface area contributed by atoms with Crippen LogP contribution in [0.25, 0.3) is 0 Å². The smallest absolute Gasteiger partial charge is 0.289 e. The Balaban J connectivity index is 1.71. The van der Waals surface area contributed by atoms with Crippen LogP contribution < -0.4 is 4.74 Å². The Labute approximate surface area is 162 Å². The summed E-state index contributed by atoms with van der Waals surface area (Å²) in [5.74, 6) is 0.602. The van der Waals surface area contributed by atoms with Gasteiger partial charge in [-0.15, -0.1) is 0 Å². The molecule has 2 aromatic carbocycles. The van der Waals surface area contributed by atoms with Crippen molar-refractivity contribution in [1.29, 1.82) is 0 Å². The van der Waals surface area contributed by atoms with Crippen LogP contribution in [-0.4, -0.2) is 27.8 Å². The van der Waals surface area contributed by atoms with Gasteiger partial charge in [0, 0.05) is 17.1 Å². The fourth-order valence-corrected chi connectivity index (χ4v) is 4.07. The molecule has 1 saturated heterocycles. The summed E-state index contributed by atoms with van der Waals surface area (Å²) in [6, 6.07) is 15.2. The summed E-state index contributed by atoms with van der Waals surface area (Å²) in [5, 5.41) is 0.114. The van der Waals surface area contributed by atoms with Crippen molar-refractivity contribution in [3.05, 3.63) is 64.7 Å². The van der Waals surface area contributed by atoms with Crippen molar-refractivity contribution >= 4 is 34.5 Å². The molecular weight excluding hydrogens is 370 g/mol. The summed E-state index contributed by atoms with van der Waals surface area (Å²) < 4.78 is 5.95. The van der Waals surface area contributed by atoms with E-state index in [4.69, 9.17) is 16.3 Å². The van der Waals surface area contributed by atoms with Crippen LogP contribution in [0, 0.1) is 0 Å². The number of imide groups is 1. The van der Waals surface area contributed by atoms with E-state index in [-0.39, 0.29) is 16.4 Å². The number of carbonyl (C=O) groups excluding carboxylic acids is 2. The van der Waals surface area contributed by atoms with Gasteiger partial charge >= 0.3 is 0 Å². The molecule has 2 amide bonds. The molecule has 0 radical (unpaired) electrons. The number of halogens is 1. The molecule has 0 N–H and O–H groups in total. The van der Waals surface area contributed by atoms with Crippen LogP contribution >= 0.6 is 23.4 Å². The van der Waals surface area contributed by atoms with Gasteiger partial charge in [0.05, 0.1) is 5.25 Å². The molecule has 1 heterocycles. The number of thioether (sulfide) groups is 1. The first kappa shape index (κ1) is 18.8. The molecule has 136 valence electrons. The fraction of sp³-hybridized carbons (Fsp3) is 0.300. The van der Waals surface area contributed by atoms with Crippen LogP contribution in [0.3, 0.4) is 0 Å². The van der Waals surface area contributed by atoms with Gasteiger partial charge in [0.2, 0.25) is 5.91 Å². The number of rotatable bonds is 7. The van der Waals surface area contributed by atoms with Crippen LogP contribution in [0.1, 0.15) is 24.5 Å². The van der Waals surface area contributed by atoms with E-state index in [2.05, 4.69) is 0 Å². The van der Waals surface area contributed by atoms with Crippen LogP contribution in [0.4, 0.5) is 4.79 Å². The van der Waals surface area contributed by atoms with Crippen molar-refractivity contribution in [3.8, 4) is 5.75 Å². The van der Waals surface area contributed by atoms with Gasteiger partial charge in [-0.1, -0.05) is 66.7 Å². The highest BCUT2D eigenvalue weighted by molar-refractivity contribution is 8.15. The van der Waals surface area contributed by atoms with Crippen molar-refractivity contribution in [3.63, 3.8) is 0 Å². The van der Waals surface area contributed by atoms with Crippen molar-refractivity contribution in [1.82, 2.24) is 4.90 Å². The third-order valence-electron chi connectivity index (χ3n) is 4.17. The van der Waals surface area contributed by atoms with Gasteiger partial charge in [0.15, 0.2) is 0 Å². The summed E-state index contributed by atoms with van der Waals surface area (Å²) in [6.45, 7) is 2.78. The second kappa shape index (κ2) is 8.60. The Morgan fingerprint density at radius 1 is 1.08 bits per heavy atom. The van der Waals surface area contributed by atoms with Crippen molar-refractivity contribution in [2.24, 2.45) is 0 Å². The summed E-state index contributed by atoms with van der Waals surface area (Å²) in [7, 11) is 0. The number of benzene rings is 2. The molecule has 0 unspecified atom stereocenters. The molecule has 0 bridgehead atoms. The highest BCUT2D eigenvalue weighted by Crippen LogP contribution is 2.32. The molecule has 0 spiro atoms. The van der Waals surface area contributed by atoms with E-state index in [1.165, 1.54) is 4.90 Å². The summed E-state index contributed by atoms with van der Waals surface area (Å²) in [6.07, 6.45) is 1.23. The number of nitrogens with zero attached hydrogens (tertiary/aromatic N) is 1. The first-order chi connectivity index (χ1) is 12.6. The van der Waals surface area contributed by atoms with Crippen molar-refractivity contribution in [2.45, 2.75) is 31.6 Å². The Morgan fingerprint density at radius 3 is 2.50 bits per heavy atom. The zero-order chi connectivity index (χ0) is 18.5. The second-order valence-electron chi connectivity index (χ2n) is 6.05. The van der Waals surface area contributed by atoms with Gasteiger partial charge in [-0.25, -0.2) is 0 Å². The maximum absolute atomic E-state index is 12.5. The molecule has 3 rings (SSSR count). The SMILES string of the molecule is CCCN1C(=O)S[C@H](Cc2ccccc2OCc2ccccc2Cl)C1=O. The normalized spacial score (nSPS) is 17.0. The molecule has 1 atom stereocenters. The Bertz CT molecular complexity index is 811. The van der Waals surface area contributed by atoms with Gasteiger partial charge in [-0.2, -0.15) is 0 Å². The van der Waals surface area contributed by atoms with Crippen molar-refractivity contribution < 1.29 is 14.3 Å². The molecule has 4 nitrogen and oxygen atoms in total. The third kappa shape index (κ3) is 4.22. The minimum Gasteiger partial charge on any atom is -0.489 e. The van der Waals surface area contributed by atoms with Gasteiger partial charge in [-0.05, 0) is 30.5 Å². The van der Waals surface area contributed by atoms with E-state index in [0.717, 1.165) is 29.3 Å². The van der Waals surface area contributed by atoms with E-state index in [0.29, 0.717) is 30.3 Å².